The first-order valence-corrected chi connectivity index (χ1v) is 16.9. The van der Waals surface area contributed by atoms with Crippen molar-refractivity contribution in [1.82, 2.24) is 4.98 Å². The number of hydrogen-bond donors (Lipinski definition) is 1. The molecule has 0 aliphatic carbocycles. The molecule has 0 fully saturated rings. The minimum absolute atomic E-state index is 0.127. The molecule has 1 aromatic rings. The number of rotatable bonds is 1. The van der Waals surface area contributed by atoms with Crippen LogP contribution in [0.4, 0.5) is 0 Å². The normalized spacial score (nSPS) is 9.21. The van der Waals surface area contributed by atoms with Gasteiger partial charge in [0.1, 0.15) is 0 Å². The van der Waals surface area contributed by atoms with Crippen LogP contribution in [0.2, 0.25) is 0 Å². The molecule has 0 atom stereocenters. The van der Waals surface area contributed by atoms with Crippen LogP contribution in [-0.4, -0.2) is 16.1 Å². The predicted octanol–water partition coefficient (Wildman–Crippen LogP) is 3.74. The van der Waals surface area contributed by atoms with Crippen LogP contribution in [0.3, 0.4) is 0 Å². The number of halogens is 3. The third kappa shape index (κ3) is 7.66. The molecule has 78 valence electrons. The average molecular weight is 569 g/mol. The van der Waals surface area contributed by atoms with Crippen molar-refractivity contribution in [2.24, 2.45) is 0 Å². The summed E-state index contributed by atoms with van der Waals surface area (Å²) in [7, 11) is 0. The second kappa shape index (κ2) is 8.54. The van der Waals surface area contributed by atoms with Gasteiger partial charge >= 0.3 is 70.8 Å². The Balaban J connectivity index is 0.000000364. The molecule has 0 amide bonds. The third-order valence-corrected chi connectivity index (χ3v) is 1.21. The zero-order valence-electron chi connectivity index (χ0n) is 7.12. The molecule has 0 saturated carbocycles. The van der Waals surface area contributed by atoms with Crippen molar-refractivity contribution in [1.29, 1.82) is 0 Å². The first-order chi connectivity index (χ1) is 6.45. The Morgan fingerprint density at radius 1 is 1.50 bits per heavy atom. The van der Waals surface area contributed by atoms with Crippen LogP contribution < -0.4 is 0 Å². The van der Waals surface area contributed by atoms with E-state index in [9.17, 15) is 4.79 Å². The molecular formula is C7H7I3NO2V. The van der Waals surface area contributed by atoms with Crippen LogP contribution in [0.5, 0.6) is 0 Å². The maximum absolute atomic E-state index is 10.4. The topological polar surface area (TPSA) is 50.2 Å². The van der Waals surface area contributed by atoms with Crippen LogP contribution in [0.25, 0.3) is 0 Å². The molecule has 1 aromatic heterocycles. The maximum atomic E-state index is 10.4. The SMILES string of the molecule is Cc1cccnc1C(=O)O.[I][V]([I])[I]. The number of nitrogens with zero attached hydrogens (tertiary/aromatic N) is 1. The summed E-state index contributed by atoms with van der Waals surface area (Å²) >= 11 is 7.39. The molecule has 0 radical (unpaired) electrons. The van der Waals surface area contributed by atoms with Gasteiger partial charge in [0.15, 0.2) is 5.69 Å². The second-order valence-corrected chi connectivity index (χ2v) is 37.5. The average Bonchev–Trinajstić information content (AvgIpc) is 2.03. The van der Waals surface area contributed by atoms with Gasteiger partial charge in [0.05, 0.1) is 0 Å². The summed E-state index contributed by atoms with van der Waals surface area (Å²) in [5.74, 6) is -0.974. The van der Waals surface area contributed by atoms with Crippen LogP contribution >= 0.6 is 59.9 Å². The standard InChI is InChI=1S/C7H7NO2.3HI.V/c1-5-3-2-4-8-6(5)7(9)10;;;;/h2-4H,1H3,(H,9,10);3*1H;/q;;;;+3/p-3. The minimum atomic E-state index is -0.974. The van der Waals surface area contributed by atoms with E-state index in [-0.39, 0.29) is 10.6 Å². The van der Waals surface area contributed by atoms with Gasteiger partial charge < -0.3 is 5.11 Å². The zero-order chi connectivity index (χ0) is 11.1. The Bertz CT molecular complexity index is 306. The fraction of sp³-hybridized carbons (Fsp3) is 0.143. The van der Waals surface area contributed by atoms with Crippen LogP contribution in [-0.2, 0) is 4.92 Å². The summed E-state index contributed by atoms with van der Waals surface area (Å²) in [6, 6.07) is 3.43. The van der Waals surface area contributed by atoms with Gasteiger partial charge in [-0.05, 0) is 18.6 Å². The van der Waals surface area contributed by atoms with Gasteiger partial charge in [0, 0.05) is 6.20 Å². The van der Waals surface area contributed by atoms with Crippen molar-refractivity contribution in [3.63, 3.8) is 0 Å². The van der Waals surface area contributed by atoms with E-state index in [0.29, 0.717) is 5.56 Å². The van der Waals surface area contributed by atoms with E-state index in [1.165, 1.54) is 6.20 Å². The number of aromatic carboxylic acids is 1. The summed E-state index contributed by atoms with van der Waals surface area (Å²) in [4.78, 5) is 13.8. The number of aromatic nitrogens is 1. The molecule has 0 unspecified atom stereocenters. The Hall–Kier alpha value is 1.39. The molecule has 1 N–H and O–H groups in total. The molecule has 1 rings (SSSR count). The summed E-state index contributed by atoms with van der Waals surface area (Å²) in [5.41, 5.74) is 0.817. The van der Waals surface area contributed by atoms with Gasteiger partial charge in [-0.3, -0.25) is 0 Å². The van der Waals surface area contributed by atoms with Gasteiger partial charge in [0.25, 0.3) is 0 Å². The van der Waals surface area contributed by atoms with Crippen LogP contribution in [0.15, 0.2) is 18.3 Å². The summed E-state index contributed by atoms with van der Waals surface area (Å²) in [5, 5.41) is 8.50. The Kier molecular flexibility index (Phi) is 9.39. The van der Waals surface area contributed by atoms with Crippen molar-refractivity contribution >= 4 is 65.9 Å². The number of carboxylic acid groups (broad SMARTS) is 1. The van der Waals surface area contributed by atoms with Crippen molar-refractivity contribution in [2.45, 2.75) is 6.92 Å². The Morgan fingerprint density at radius 2 is 2.00 bits per heavy atom. The molecule has 0 saturated heterocycles. The molecule has 3 nitrogen and oxygen atoms in total. The molecule has 14 heavy (non-hydrogen) atoms. The first kappa shape index (κ1) is 15.4. The molecule has 0 aromatic carbocycles. The summed E-state index contributed by atoms with van der Waals surface area (Å²) < 4.78 is 0. The number of aryl methyl sites for hydroxylation is 1. The molecular weight excluding hydrogens is 562 g/mol. The van der Waals surface area contributed by atoms with Crippen molar-refractivity contribution in [3.8, 4) is 0 Å². The summed E-state index contributed by atoms with van der Waals surface area (Å²) in [6.07, 6.45) is 1.47. The fourth-order valence-corrected chi connectivity index (χ4v) is 0.710. The van der Waals surface area contributed by atoms with Gasteiger partial charge in [-0.1, -0.05) is 6.07 Å². The number of pyridine rings is 1. The quantitative estimate of drug-likeness (QED) is 0.526. The van der Waals surface area contributed by atoms with Crippen molar-refractivity contribution in [2.75, 3.05) is 0 Å². The Labute approximate surface area is 120 Å². The van der Waals surface area contributed by atoms with E-state index in [0.717, 1.165) is 0 Å². The van der Waals surface area contributed by atoms with Crippen LogP contribution in [0.1, 0.15) is 16.1 Å². The van der Waals surface area contributed by atoms with E-state index in [1.54, 1.807) is 19.1 Å². The zero-order valence-corrected chi connectivity index (χ0v) is 15.0. The predicted molar refractivity (Wildman–Crippen MR) is 78.0 cm³/mol. The first-order valence-electron chi connectivity index (χ1n) is 3.37. The monoisotopic (exact) mass is 569 g/mol. The number of carboxylic acids is 1. The van der Waals surface area contributed by atoms with Crippen molar-refractivity contribution < 1.29 is 14.8 Å². The molecule has 0 aliphatic heterocycles. The van der Waals surface area contributed by atoms with Gasteiger partial charge in [-0.25, -0.2) is 9.78 Å². The number of carbonyl (C=O) groups is 1. The Morgan fingerprint density at radius 3 is 2.29 bits per heavy atom. The fourth-order valence-electron chi connectivity index (χ4n) is 0.710. The molecule has 0 spiro atoms. The van der Waals surface area contributed by atoms with Gasteiger partial charge in [0.2, 0.25) is 0 Å². The third-order valence-electron chi connectivity index (χ3n) is 1.21. The molecule has 7 heteroatoms. The van der Waals surface area contributed by atoms with E-state index in [2.05, 4.69) is 64.9 Å². The van der Waals surface area contributed by atoms with Gasteiger partial charge in [-0.2, -0.15) is 0 Å². The molecule has 0 aliphatic rings. The van der Waals surface area contributed by atoms with E-state index < -0.39 is 5.97 Å². The molecule has 1 heterocycles. The van der Waals surface area contributed by atoms with Crippen molar-refractivity contribution in [3.05, 3.63) is 29.6 Å². The van der Waals surface area contributed by atoms with Gasteiger partial charge in [-0.15, -0.1) is 0 Å². The second-order valence-electron chi connectivity index (χ2n) is 2.17. The molecule has 0 bridgehead atoms. The van der Waals surface area contributed by atoms with E-state index in [1.807, 2.05) is 0 Å². The number of hydrogen-bond acceptors (Lipinski definition) is 2. The summed E-state index contributed by atoms with van der Waals surface area (Å²) in [6.45, 7) is 1.72. The van der Waals surface area contributed by atoms with E-state index in [4.69, 9.17) is 5.11 Å². The van der Waals surface area contributed by atoms with E-state index >= 15 is 0 Å². The van der Waals surface area contributed by atoms with Crippen LogP contribution in [0, 0.1) is 6.92 Å².